The first kappa shape index (κ1) is 21.9. The van der Waals surface area contributed by atoms with E-state index in [1.165, 1.54) is 28.6 Å². The van der Waals surface area contributed by atoms with Crippen LogP contribution >= 0.6 is 15.9 Å². The number of nitrogens with zero attached hydrogens (tertiary/aromatic N) is 1. The maximum Gasteiger partial charge on any atom is 0.243 e. The van der Waals surface area contributed by atoms with Crippen LogP contribution in [0.2, 0.25) is 0 Å². The number of rotatable bonds is 5. The summed E-state index contributed by atoms with van der Waals surface area (Å²) in [7, 11) is -7.33. The maximum absolute atomic E-state index is 12.9. The van der Waals surface area contributed by atoms with Crippen molar-refractivity contribution >= 4 is 47.4 Å². The molecule has 0 saturated carbocycles. The summed E-state index contributed by atoms with van der Waals surface area (Å²) in [5.41, 5.74) is 0.686. The van der Waals surface area contributed by atoms with Gasteiger partial charge < -0.3 is 5.32 Å². The number of halogens is 1. The molecule has 1 aliphatic heterocycles. The first-order chi connectivity index (χ1) is 13.6. The van der Waals surface area contributed by atoms with Gasteiger partial charge in [0.25, 0.3) is 0 Å². The second-order valence-electron chi connectivity index (χ2n) is 6.92. The maximum atomic E-state index is 12.9. The molecule has 0 aromatic heterocycles. The first-order valence-electron chi connectivity index (χ1n) is 8.94. The fraction of sp³-hybridized carbons (Fsp3) is 0.316. The number of hydrogen-bond donors (Lipinski definition) is 1. The van der Waals surface area contributed by atoms with Crippen LogP contribution in [0.25, 0.3) is 0 Å². The van der Waals surface area contributed by atoms with Crippen molar-refractivity contribution in [1.82, 2.24) is 4.31 Å². The molecule has 2 aromatic carbocycles. The molecule has 156 valence electrons. The summed E-state index contributed by atoms with van der Waals surface area (Å²) in [5.74, 6) is -0.420. The molecule has 0 radical (unpaired) electrons. The summed E-state index contributed by atoms with van der Waals surface area (Å²) in [6.45, 7) is 0.397. The molecule has 2 aromatic rings. The Morgan fingerprint density at radius 1 is 1.00 bits per heavy atom. The summed E-state index contributed by atoms with van der Waals surface area (Å²) < 4.78 is 51.4. The standard InChI is InChI=1S/C19H21BrN2O5S2/c1-28(24,25)17-3-2-4-18(13-17)29(26,27)22-11-9-14(10-12-22)19(23)21-16-7-5-15(20)6-8-16/h2-8,13-14H,9-12H2,1H3,(H,21,23). The molecule has 1 amide bonds. The molecular weight excluding hydrogens is 480 g/mol. The lowest BCUT2D eigenvalue weighted by Crippen LogP contribution is -2.41. The molecule has 0 aliphatic carbocycles. The summed E-state index contributed by atoms with van der Waals surface area (Å²) in [4.78, 5) is 12.4. The van der Waals surface area contributed by atoms with Gasteiger partial charge in [-0.15, -0.1) is 0 Å². The zero-order valence-corrected chi connectivity index (χ0v) is 18.9. The van der Waals surface area contributed by atoms with Crippen LogP contribution in [0.5, 0.6) is 0 Å². The lowest BCUT2D eigenvalue weighted by Gasteiger charge is -2.30. The van der Waals surface area contributed by atoms with Crippen molar-refractivity contribution in [3.05, 3.63) is 53.0 Å². The third-order valence-corrected chi connectivity index (χ3v) is 8.34. The average Bonchev–Trinajstić information content (AvgIpc) is 2.69. The summed E-state index contributed by atoms with van der Waals surface area (Å²) in [6, 6.07) is 12.6. The predicted molar refractivity (Wildman–Crippen MR) is 114 cm³/mol. The SMILES string of the molecule is CS(=O)(=O)c1cccc(S(=O)(=O)N2CCC(C(=O)Nc3ccc(Br)cc3)CC2)c1. The van der Waals surface area contributed by atoms with Crippen molar-refractivity contribution in [1.29, 1.82) is 0 Å². The second-order valence-corrected chi connectivity index (χ2v) is 11.8. The van der Waals surface area contributed by atoms with Crippen LogP contribution in [0.1, 0.15) is 12.8 Å². The number of nitrogens with one attached hydrogen (secondary N) is 1. The Morgan fingerprint density at radius 2 is 1.59 bits per heavy atom. The number of benzene rings is 2. The van der Waals surface area contributed by atoms with Crippen molar-refractivity contribution in [3.63, 3.8) is 0 Å². The highest BCUT2D eigenvalue weighted by atomic mass is 79.9. The number of carbonyl (C=O) groups is 1. The lowest BCUT2D eigenvalue weighted by molar-refractivity contribution is -0.120. The van der Waals surface area contributed by atoms with E-state index in [9.17, 15) is 21.6 Å². The Morgan fingerprint density at radius 3 is 2.17 bits per heavy atom. The van der Waals surface area contributed by atoms with Crippen LogP contribution in [-0.4, -0.2) is 46.4 Å². The molecule has 10 heteroatoms. The van der Waals surface area contributed by atoms with Crippen LogP contribution in [0.15, 0.2) is 62.8 Å². The van der Waals surface area contributed by atoms with Gasteiger partial charge in [-0.25, -0.2) is 16.8 Å². The second kappa shape index (κ2) is 8.55. The number of carbonyl (C=O) groups excluding carboxylic acids is 1. The number of anilines is 1. The van der Waals surface area contributed by atoms with E-state index >= 15 is 0 Å². The van der Waals surface area contributed by atoms with Crippen molar-refractivity contribution < 1.29 is 21.6 Å². The number of amides is 1. The van der Waals surface area contributed by atoms with Gasteiger partial charge in [-0.05, 0) is 55.3 Å². The van der Waals surface area contributed by atoms with Gasteiger partial charge in [0, 0.05) is 35.4 Å². The molecule has 0 unspecified atom stereocenters. The van der Waals surface area contributed by atoms with E-state index < -0.39 is 19.9 Å². The Labute approximate surface area is 179 Å². The van der Waals surface area contributed by atoms with Gasteiger partial charge >= 0.3 is 0 Å². The van der Waals surface area contributed by atoms with Gasteiger partial charge in [-0.3, -0.25) is 4.79 Å². The molecule has 1 aliphatic rings. The van der Waals surface area contributed by atoms with Crippen molar-refractivity contribution in [2.75, 3.05) is 24.7 Å². The van der Waals surface area contributed by atoms with Crippen molar-refractivity contribution in [2.24, 2.45) is 5.92 Å². The zero-order chi connectivity index (χ0) is 21.2. The molecule has 3 rings (SSSR count). The minimum Gasteiger partial charge on any atom is -0.326 e. The van der Waals surface area contributed by atoms with Crippen molar-refractivity contribution in [3.8, 4) is 0 Å². The van der Waals surface area contributed by atoms with Crippen LogP contribution in [-0.2, 0) is 24.7 Å². The van der Waals surface area contributed by atoms with Crippen LogP contribution in [0.4, 0.5) is 5.69 Å². The number of sulfone groups is 1. The predicted octanol–water partition coefficient (Wildman–Crippen LogP) is 2.89. The quantitative estimate of drug-likeness (QED) is 0.679. The van der Waals surface area contributed by atoms with Gasteiger partial charge in [-0.2, -0.15) is 4.31 Å². The third-order valence-electron chi connectivity index (χ3n) is 4.81. The summed E-state index contributed by atoms with van der Waals surface area (Å²) in [5, 5.41) is 2.85. The fourth-order valence-electron chi connectivity index (χ4n) is 3.15. The summed E-state index contributed by atoms with van der Waals surface area (Å²) >= 11 is 3.34. The number of piperidine rings is 1. The monoisotopic (exact) mass is 500 g/mol. The van der Waals surface area contributed by atoms with Gasteiger partial charge in [0.15, 0.2) is 9.84 Å². The average molecular weight is 501 g/mol. The fourth-order valence-corrected chi connectivity index (χ4v) is 5.67. The zero-order valence-electron chi connectivity index (χ0n) is 15.7. The van der Waals surface area contributed by atoms with Gasteiger partial charge in [0.2, 0.25) is 15.9 Å². The molecule has 0 bridgehead atoms. The van der Waals surface area contributed by atoms with Gasteiger partial charge in [-0.1, -0.05) is 22.0 Å². The molecule has 7 nitrogen and oxygen atoms in total. The highest BCUT2D eigenvalue weighted by Crippen LogP contribution is 2.26. The van der Waals surface area contributed by atoms with Gasteiger partial charge in [0.1, 0.15) is 0 Å². The Hall–Kier alpha value is -1.75. The first-order valence-corrected chi connectivity index (χ1v) is 13.1. The Bertz CT molecular complexity index is 1110. The number of hydrogen-bond acceptors (Lipinski definition) is 5. The van der Waals surface area contributed by atoms with E-state index in [4.69, 9.17) is 0 Å². The van der Waals surface area contributed by atoms with Crippen molar-refractivity contribution in [2.45, 2.75) is 22.6 Å². The summed E-state index contributed by atoms with van der Waals surface area (Å²) in [6.07, 6.45) is 1.83. The highest BCUT2D eigenvalue weighted by molar-refractivity contribution is 9.10. The van der Waals surface area contributed by atoms with E-state index in [-0.39, 0.29) is 34.7 Å². The third kappa shape index (κ3) is 5.25. The number of sulfonamides is 1. The van der Waals surface area contributed by atoms with E-state index in [2.05, 4.69) is 21.2 Å². The van der Waals surface area contributed by atoms with Crippen LogP contribution in [0, 0.1) is 5.92 Å². The minimum atomic E-state index is -3.83. The van der Waals surface area contributed by atoms with Crippen LogP contribution in [0.3, 0.4) is 0 Å². The molecule has 29 heavy (non-hydrogen) atoms. The minimum absolute atomic E-state index is 0.0395. The topological polar surface area (TPSA) is 101 Å². The molecule has 1 heterocycles. The lowest BCUT2D eigenvalue weighted by atomic mass is 9.97. The largest absolute Gasteiger partial charge is 0.326 e. The van der Waals surface area contributed by atoms with E-state index in [0.717, 1.165) is 10.7 Å². The molecule has 0 atom stereocenters. The molecule has 1 N–H and O–H groups in total. The van der Waals surface area contributed by atoms with Gasteiger partial charge in [0.05, 0.1) is 9.79 Å². The Balaban J connectivity index is 1.66. The molecular formula is C19H21BrN2O5S2. The normalized spacial score (nSPS) is 16.5. The Kier molecular flexibility index (Phi) is 6.47. The van der Waals surface area contributed by atoms with Crippen LogP contribution < -0.4 is 5.32 Å². The van der Waals surface area contributed by atoms with E-state index in [1.54, 1.807) is 12.1 Å². The smallest absolute Gasteiger partial charge is 0.243 e. The van der Waals surface area contributed by atoms with E-state index in [0.29, 0.717) is 18.5 Å². The molecule has 0 spiro atoms. The van der Waals surface area contributed by atoms with E-state index in [1.807, 2.05) is 12.1 Å². The molecule has 1 saturated heterocycles. The molecule has 1 fully saturated rings. The highest BCUT2D eigenvalue weighted by Gasteiger charge is 2.32.